The van der Waals surface area contributed by atoms with Gasteiger partial charge in [-0.1, -0.05) is 0 Å². The van der Waals surface area contributed by atoms with Crippen molar-refractivity contribution in [2.45, 2.75) is 23.9 Å². The van der Waals surface area contributed by atoms with E-state index in [-0.39, 0.29) is 23.7 Å². The van der Waals surface area contributed by atoms with Gasteiger partial charge in [0.25, 0.3) is 0 Å². The van der Waals surface area contributed by atoms with Crippen LogP contribution in [0.5, 0.6) is 0 Å². The van der Waals surface area contributed by atoms with Crippen molar-refractivity contribution in [1.29, 1.82) is 0 Å². The number of alkyl halides is 3. The molecule has 0 amide bonds. The molecule has 0 aliphatic carbocycles. The van der Waals surface area contributed by atoms with E-state index < -0.39 is 22.6 Å². The summed E-state index contributed by atoms with van der Waals surface area (Å²) < 4.78 is 62.5. The Morgan fingerprint density at radius 2 is 2.05 bits per heavy atom. The molecule has 2 N–H and O–H groups in total. The summed E-state index contributed by atoms with van der Waals surface area (Å²) in [4.78, 5) is 3.75. The van der Waals surface area contributed by atoms with E-state index in [9.17, 15) is 21.6 Å². The van der Waals surface area contributed by atoms with Gasteiger partial charge < -0.3 is 5.32 Å². The van der Waals surface area contributed by atoms with Gasteiger partial charge >= 0.3 is 6.18 Å². The number of halogens is 4. The molecule has 1 heterocycles. The predicted molar refractivity (Wildman–Crippen MR) is 72.0 cm³/mol. The Balaban J connectivity index is 2.77. The lowest BCUT2D eigenvalue weighted by Gasteiger charge is -2.11. The van der Waals surface area contributed by atoms with Crippen LogP contribution in [0.4, 0.5) is 19.0 Å². The molecule has 1 rings (SSSR count). The molecule has 0 saturated carbocycles. The number of anilines is 1. The van der Waals surface area contributed by atoms with Crippen LogP contribution in [-0.4, -0.2) is 33.2 Å². The highest BCUT2D eigenvalue weighted by atomic mass is 79.9. The molecule has 0 aliphatic rings. The zero-order valence-corrected chi connectivity index (χ0v) is 12.9. The van der Waals surface area contributed by atoms with Gasteiger partial charge in [-0.2, -0.15) is 13.2 Å². The van der Waals surface area contributed by atoms with Crippen LogP contribution >= 0.6 is 15.9 Å². The first kappa shape index (κ1) is 17.2. The molecule has 0 atom stereocenters. The standard InChI is InChI=1S/C10H13BrF3N3O2S/c1-15-9-8(5-7(11)6-16-9)20(18,19)17-4-2-3-10(12,13)14/h5-6,17H,2-4H2,1H3,(H,15,16). The lowest BCUT2D eigenvalue weighted by Crippen LogP contribution is -2.26. The van der Waals surface area contributed by atoms with Gasteiger partial charge in [0.05, 0.1) is 0 Å². The summed E-state index contributed by atoms with van der Waals surface area (Å²) in [6.45, 7) is -0.294. The van der Waals surface area contributed by atoms with Crippen LogP contribution in [0, 0.1) is 0 Å². The fourth-order valence-corrected chi connectivity index (χ4v) is 3.13. The SMILES string of the molecule is CNc1ncc(Br)cc1S(=O)(=O)NCCCC(F)(F)F. The van der Waals surface area contributed by atoms with Crippen molar-refractivity contribution < 1.29 is 21.6 Å². The lowest BCUT2D eigenvalue weighted by molar-refractivity contribution is -0.135. The highest BCUT2D eigenvalue weighted by Crippen LogP contribution is 2.23. The maximum atomic E-state index is 12.0. The summed E-state index contributed by atoms with van der Waals surface area (Å²) in [6, 6.07) is 1.32. The Labute approximate surface area is 123 Å². The zero-order chi connectivity index (χ0) is 15.4. The summed E-state index contributed by atoms with van der Waals surface area (Å²) in [6.07, 6.45) is -4.24. The minimum atomic E-state index is -4.29. The van der Waals surface area contributed by atoms with E-state index in [2.05, 4.69) is 31.0 Å². The highest BCUT2D eigenvalue weighted by molar-refractivity contribution is 9.10. The minimum Gasteiger partial charge on any atom is -0.372 e. The number of nitrogens with zero attached hydrogens (tertiary/aromatic N) is 1. The average molecular weight is 376 g/mol. The number of sulfonamides is 1. The Kier molecular flexibility index (Phi) is 5.78. The van der Waals surface area contributed by atoms with E-state index in [1.807, 2.05) is 0 Å². The van der Waals surface area contributed by atoms with E-state index in [0.717, 1.165) is 0 Å². The van der Waals surface area contributed by atoms with E-state index >= 15 is 0 Å². The molecule has 5 nitrogen and oxygen atoms in total. The van der Waals surface area contributed by atoms with E-state index in [4.69, 9.17) is 0 Å². The molecule has 0 unspecified atom stereocenters. The lowest BCUT2D eigenvalue weighted by atomic mass is 10.3. The van der Waals surface area contributed by atoms with Gasteiger partial charge in [0.1, 0.15) is 10.7 Å². The van der Waals surface area contributed by atoms with Crippen LogP contribution in [0.25, 0.3) is 0 Å². The molecule has 0 radical (unpaired) electrons. The van der Waals surface area contributed by atoms with Crippen molar-refractivity contribution in [2.75, 3.05) is 18.9 Å². The molecule has 0 spiro atoms. The van der Waals surface area contributed by atoms with Crippen LogP contribution in [0.3, 0.4) is 0 Å². The fourth-order valence-electron chi connectivity index (χ4n) is 1.39. The maximum absolute atomic E-state index is 12.0. The van der Waals surface area contributed by atoms with Crippen LogP contribution in [-0.2, 0) is 10.0 Å². The van der Waals surface area contributed by atoms with E-state index in [1.165, 1.54) is 19.3 Å². The smallest absolute Gasteiger partial charge is 0.372 e. The molecule has 0 aromatic carbocycles. The van der Waals surface area contributed by atoms with Crippen molar-refractivity contribution >= 4 is 31.8 Å². The number of rotatable bonds is 6. The van der Waals surface area contributed by atoms with Crippen molar-refractivity contribution in [2.24, 2.45) is 0 Å². The molecule has 10 heteroatoms. The van der Waals surface area contributed by atoms with E-state index in [0.29, 0.717) is 4.47 Å². The minimum absolute atomic E-state index is 0.122. The number of pyridine rings is 1. The number of hydrogen-bond donors (Lipinski definition) is 2. The fraction of sp³-hybridized carbons (Fsp3) is 0.500. The predicted octanol–water partition coefficient (Wildman–Crippen LogP) is 2.51. The maximum Gasteiger partial charge on any atom is 0.389 e. The molecular weight excluding hydrogens is 363 g/mol. The zero-order valence-electron chi connectivity index (χ0n) is 10.5. The molecule has 0 aliphatic heterocycles. The van der Waals surface area contributed by atoms with E-state index in [1.54, 1.807) is 0 Å². The summed E-state index contributed by atoms with van der Waals surface area (Å²) in [5, 5.41) is 2.61. The van der Waals surface area contributed by atoms with Crippen molar-refractivity contribution in [1.82, 2.24) is 9.71 Å². The molecule has 20 heavy (non-hydrogen) atoms. The van der Waals surface area contributed by atoms with Gasteiger partial charge in [-0.3, -0.25) is 0 Å². The topological polar surface area (TPSA) is 71.1 Å². The molecule has 0 saturated heterocycles. The summed E-state index contributed by atoms with van der Waals surface area (Å²) >= 11 is 3.09. The normalized spacial score (nSPS) is 12.4. The molecule has 0 bridgehead atoms. The average Bonchev–Trinajstić information content (AvgIpc) is 2.33. The van der Waals surface area contributed by atoms with Crippen LogP contribution in [0.2, 0.25) is 0 Å². The Hall–Kier alpha value is -0.870. The third-order valence-corrected chi connectivity index (χ3v) is 4.18. The molecule has 114 valence electrons. The second kappa shape index (κ2) is 6.72. The number of hydrogen-bond acceptors (Lipinski definition) is 4. The van der Waals surface area contributed by atoms with Crippen LogP contribution in [0.1, 0.15) is 12.8 Å². The van der Waals surface area contributed by atoms with Gasteiger partial charge in [0, 0.05) is 30.7 Å². The molecule has 0 fully saturated rings. The molecule has 1 aromatic rings. The second-order valence-corrected chi connectivity index (χ2v) is 6.52. The first-order valence-electron chi connectivity index (χ1n) is 5.55. The number of nitrogens with one attached hydrogen (secondary N) is 2. The third-order valence-electron chi connectivity index (χ3n) is 2.27. The summed E-state index contributed by atoms with van der Waals surface area (Å²) in [5.74, 6) is 0.122. The van der Waals surface area contributed by atoms with Gasteiger partial charge in [-0.25, -0.2) is 18.1 Å². The largest absolute Gasteiger partial charge is 0.389 e. The Morgan fingerprint density at radius 3 is 2.60 bits per heavy atom. The monoisotopic (exact) mass is 375 g/mol. The number of aromatic nitrogens is 1. The molecule has 1 aromatic heterocycles. The third kappa shape index (κ3) is 5.25. The van der Waals surface area contributed by atoms with Gasteiger partial charge in [0.15, 0.2) is 0 Å². The quantitative estimate of drug-likeness (QED) is 0.749. The highest BCUT2D eigenvalue weighted by Gasteiger charge is 2.26. The Morgan fingerprint density at radius 1 is 1.40 bits per heavy atom. The summed E-state index contributed by atoms with van der Waals surface area (Å²) in [5.41, 5.74) is 0. The first-order valence-corrected chi connectivity index (χ1v) is 7.83. The molecular formula is C10H13BrF3N3O2S. The van der Waals surface area contributed by atoms with Crippen molar-refractivity contribution in [3.05, 3.63) is 16.7 Å². The Bertz CT molecular complexity index is 563. The van der Waals surface area contributed by atoms with Crippen molar-refractivity contribution in [3.8, 4) is 0 Å². The second-order valence-electron chi connectivity index (χ2n) is 3.87. The van der Waals surface area contributed by atoms with Crippen LogP contribution in [0.15, 0.2) is 21.6 Å². The van der Waals surface area contributed by atoms with Gasteiger partial charge in [-0.05, 0) is 28.4 Å². The first-order chi connectivity index (χ1) is 9.15. The van der Waals surface area contributed by atoms with Crippen LogP contribution < -0.4 is 10.0 Å². The van der Waals surface area contributed by atoms with Gasteiger partial charge in [0.2, 0.25) is 10.0 Å². The summed E-state index contributed by atoms with van der Waals surface area (Å²) in [7, 11) is -2.42. The van der Waals surface area contributed by atoms with Crippen molar-refractivity contribution in [3.63, 3.8) is 0 Å². The van der Waals surface area contributed by atoms with Gasteiger partial charge in [-0.15, -0.1) is 0 Å².